The molecular formula is C29H37ClN2O4. The summed E-state index contributed by atoms with van der Waals surface area (Å²) in [6.07, 6.45) is 5.39. The van der Waals surface area contributed by atoms with Gasteiger partial charge in [0.15, 0.2) is 0 Å². The Morgan fingerprint density at radius 3 is 2.64 bits per heavy atom. The number of nitrogens with zero attached hydrogens (tertiary/aromatic N) is 2. The standard InChI is InChI=1S/C29H37ClN2O4/c1-22-16-25(12-13-26(22)30)35-21-29(18-28(34)31(2)19-24-10-4-3-5-11-24)20-32(14-15-36-29)27(33)17-23-8-6-7-9-23/h3-5,10-13,16,23H,6-9,14-15,17-21H2,1-2H3/t29-/m1/s1. The first kappa shape index (κ1) is 26.5. The van der Waals surface area contributed by atoms with Gasteiger partial charge in [0, 0.05) is 31.6 Å². The Kier molecular flexibility index (Phi) is 8.91. The van der Waals surface area contributed by atoms with Crippen molar-refractivity contribution in [2.45, 2.75) is 57.6 Å². The number of rotatable bonds is 9. The summed E-state index contributed by atoms with van der Waals surface area (Å²) >= 11 is 6.18. The van der Waals surface area contributed by atoms with Crippen LogP contribution in [0.5, 0.6) is 5.75 Å². The van der Waals surface area contributed by atoms with Crippen LogP contribution in [-0.4, -0.2) is 60.6 Å². The lowest BCUT2D eigenvalue weighted by Gasteiger charge is -2.43. The lowest BCUT2D eigenvalue weighted by Crippen LogP contribution is -2.58. The third kappa shape index (κ3) is 7.01. The first-order valence-electron chi connectivity index (χ1n) is 12.9. The number of halogens is 1. The molecule has 2 aromatic carbocycles. The highest BCUT2D eigenvalue weighted by molar-refractivity contribution is 6.31. The van der Waals surface area contributed by atoms with E-state index in [0.717, 1.165) is 24.0 Å². The van der Waals surface area contributed by atoms with E-state index in [-0.39, 0.29) is 24.8 Å². The predicted octanol–water partition coefficient (Wildman–Crippen LogP) is 5.25. The third-order valence-corrected chi connectivity index (χ3v) is 7.76. The van der Waals surface area contributed by atoms with Gasteiger partial charge < -0.3 is 19.3 Å². The Morgan fingerprint density at radius 1 is 1.17 bits per heavy atom. The minimum Gasteiger partial charge on any atom is -0.490 e. The number of carbonyl (C=O) groups is 2. The van der Waals surface area contributed by atoms with Gasteiger partial charge in [0.25, 0.3) is 0 Å². The molecule has 2 aliphatic rings. The van der Waals surface area contributed by atoms with Gasteiger partial charge in [-0.05, 0) is 55.0 Å². The molecule has 0 unspecified atom stereocenters. The average Bonchev–Trinajstić information content (AvgIpc) is 3.38. The van der Waals surface area contributed by atoms with Crippen molar-refractivity contribution >= 4 is 23.4 Å². The van der Waals surface area contributed by atoms with E-state index in [1.54, 1.807) is 18.0 Å². The average molecular weight is 513 g/mol. The SMILES string of the molecule is Cc1cc(OC[C@@]2(CC(=O)N(C)Cc3ccccc3)CN(C(=O)CC3CCCC3)CCO2)ccc1Cl. The van der Waals surface area contributed by atoms with Crippen molar-refractivity contribution in [1.82, 2.24) is 9.80 Å². The summed E-state index contributed by atoms with van der Waals surface area (Å²) in [4.78, 5) is 30.1. The molecule has 0 spiro atoms. The van der Waals surface area contributed by atoms with Crippen molar-refractivity contribution in [1.29, 1.82) is 0 Å². The first-order valence-corrected chi connectivity index (χ1v) is 13.3. The van der Waals surface area contributed by atoms with Crippen molar-refractivity contribution in [3.05, 3.63) is 64.7 Å². The van der Waals surface area contributed by atoms with Gasteiger partial charge in [0.2, 0.25) is 11.8 Å². The highest BCUT2D eigenvalue weighted by Gasteiger charge is 2.42. The smallest absolute Gasteiger partial charge is 0.225 e. The Labute approximate surface area is 219 Å². The maximum Gasteiger partial charge on any atom is 0.225 e. The van der Waals surface area contributed by atoms with Crippen molar-refractivity contribution in [3.8, 4) is 5.75 Å². The Morgan fingerprint density at radius 2 is 1.92 bits per heavy atom. The fourth-order valence-corrected chi connectivity index (χ4v) is 5.29. The maximum absolute atomic E-state index is 13.4. The van der Waals surface area contributed by atoms with Gasteiger partial charge in [-0.25, -0.2) is 0 Å². The lowest BCUT2D eigenvalue weighted by atomic mass is 9.95. The number of aryl methyl sites for hydroxylation is 1. The Balaban J connectivity index is 1.47. The number of carbonyl (C=O) groups excluding carboxylic acids is 2. The summed E-state index contributed by atoms with van der Waals surface area (Å²) in [5, 5.41) is 0.673. The topological polar surface area (TPSA) is 59.1 Å². The monoisotopic (exact) mass is 512 g/mol. The van der Waals surface area contributed by atoms with Crippen LogP contribution in [0, 0.1) is 12.8 Å². The van der Waals surface area contributed by atoms with E-state index in [4.69, 9.17) is 21.1 Å². The molecule has 0 aromatic heterocycles. The quantitative estimate of drug-likeness (QED) is 0.460. The normalized spacial score (nSPS) is 20.4. The zero-order valence-electron chi connectivity index (χ0n) is 21.4. The number of hydrogen-bond acceptors (Lipinski definition) is 4. The minimum atomic E-state index is -0.918. The van der Waals surface area contributed by atoms with Gasteiger partial charge in [0.05, 0.1) is 19.6 Å². The van der Waals surface area contributed by atoms with Crippen LogP contribution in [0.2, 0.25) is 5.02 Å². The number of morpholine rings is 1. The van der Waals surface area contributed by atoms with Crippen molar-refractivity contribution < 1.29 is 19.1 Å². The molecule has 1 atom stereocenters. The van der Waals surface area contributed by atoms with Crippen LogP contribution in [-0.2, 0) is 20.9 Å². The largest absolute Gasteiger partial charge is 0.490 e. The molecule has 0 radical (unpaired) electrons. The lowest BCUT2D eigenvalue weighted by molar-refractivity contribution is -0.166. The van der Waals surface area contributed by atoms with E-state index in [0.29, 0.717) is 49.4 Å². The highest BCUT2D eigenvalue weighted by Crippen LogP contribution is 2.31. The van der Waals surface area contributed by atoms with Crippen molar-refractivity contribution in [2.24, 2.45) is 5.92 Å². The summed E-state index contributed by atoms with van der Waals surface area (Å²) in [5.41, 5.74) is 1.06. The van der Waals surface area contributed by atoms with Crippen LogP contribution in [0.3, 0.4) is 0 Å². The first-order chi connectivity index (χ1) is 17.3. The van der Waals surface area contributed by atoms with Crippen LogP contribution in [0.1, 0.15) is 49.7 Å². The number of amides is 2. The van der Waals surface area contributed by atoms with Crippen LogP contribution in [0.25, 0.3) is 0 Å². The van der Waals surface area contributed by atoms with Crippen LogP contribution < -0.4 is 4.74 Å². The molecule has 2 aromatic rings. The van der Waals surface area contributed by atoms with Gasteiger partial charge in [-0.15, -0.1) is 0 Å². The molecule has 1 saturated heterocycles. The van der Waals surface area contributed by atoms with Crippen LogP contribution in [0.15, 0.2) is 48.5 Å². The highest BCUT2D eigenvalue weighted by atomic mass is 35.5. The van der Waals surface area contributed by atoms with Crippen molar-refractivity contribution in [2.75, 3.05) is 33.4 Å². The van der Waals surface area contributed by atoms with Gasteiger partial charge in [-0.1, -0.05) is 54.8 Å². The van der Waals surface area contributed by atoms with Gasteiger partial charge in [-0.2, -0.15) is 0 Å². The zero-order valence-corrected chi connectivity index (χ0v) is 22.1. The third-order valence-electron chi connectivity index (χ3n) is 7.33. The van der Waals surface area contributed by atoms with Crippen LogP contribution >= 0.6 is 11.6 Å². The molecule has 194 valence electrons. The second kappa shape index (κ2) is 12.1. The summed E-state index contributed by atoms with van der Waals surface area (Å²) in [6, 6.07) is 15.4. The summed E-state index contributed by atoms with van der Waals surface area (Å²) < 4.78 is 12.4. The molecule has 0 bridgehead atoms. The van der Waals surface area contributed by atoms with Gasteiger partial charge in [-0.3, -0.25) is 9.59 Å². The molecule has 2 amide bonds. The number of hydrogen-bond donors (Lipinski definition) is 0. The molecule has 1 heterocycles. The second-order valence-electron chi connectivity index (χ2n) is 10.3. The van der Waals surface area contributed by atoms with E-state index in [1.165, 1.54) is 12.8 Å². The maximum atomic E-state index is 13.4. The zero-order chi connectivity index (χ0) is 25.5. The molecule has 4 rings (SSSR count). The van der Waals surface area contributed by atoms with Crippen LogP contribution in [0.4, 0.5) is 0 Å². The van der Waals surface area contributed by atoms with E-state index >= 15 is 0 Å². The van der Waals surface area contributed by atoms with E-state index in [9.17, 15) is 9.59 Å². The fourth-order valence-electron chi connectivity index (χ4n) is 5.17. The summed E-state index contributed by atoms with van der Waals surface area (Å²) in [5.74, 6) is 1.25. The fraction of sp³-hybridized carbons (Fsp3) is 0.517. The molecule has 1 saturated carbocycles. The Hall–Kier alpha value is -2.57. The molecular weight excluding hydrogens is 476 g/mol. The summed E-state index contributed by atoms with van der Waals surface area (Å²) in [6.45, 7) is 3.88. The molecule has 36 heavy (non-hydrogen) atoms. The molecule has 2 fully saturated rings. The number of ether oxygens (including phenoxy) is 2. The number of benzene rings is 2. The second-order valence-corrected chi connectivity index (χ2v) is 10.7. The van der Waals surface area contributed by atoms with Gasteiger partial charge in [0.1, 0.15) is 18.0 Å². The predicted molar refractivity (Wildman–Crippen MR) is 141 cm³/mol. The minimum absolute atomic E-state index is 0.0418. The molecule has 7 heteroatoms. The molecule has 1 aliphatic carbocycles. The van der Waals surface area contributed by atoms with E-state index in [1.807, 2.05) is 54.3 Å². The summed E-state index contributed by atoms with van der Waals surface area (Å²) in [7, 11) is 1.80. The Bertz CT molecular complexity index is 1040. The van der Waals surface area contributed by atoms with E-state index < -0.39 is 5.60 Å². The molecule has 6 nitrogen and oxygen atoms in total. The molecule has 0 N–H and O–H groups in total. The molecule has 1 aliphatic heterocycles. The van der Waals surface area contributed by atoms with Crippen molar-refractivity contribution in [3.63, 3.8) is 0 Å². The van der Waals surface area contributed by atoms with E-state index in [2.05, 4.69) is 0 Å². The van der Waals surface area contributed by atoms with Gasteiger partial charge >= 0.3 is 0 Å².